The Hall–Kier alpha value is -3.45. The van der Waals surface area contributed by atoms with Crippen molar-refractivity contribution in [2.75, 3.05) is 38.3 Å². The van der Waals surface area contributed by atoms with Crippen LogP contribution >= 0.6 is 0 Å². The summed E-state index contributed by atoms with van der Waals surface area (Å²) in [4.78, 5) is 34.7. The van der Waals surface area contributed by atoms with E-state index in [1.165, 1.54) is 20.0 Å². The lowest BCUT2D eigenvalue weighted by Crippen LogP contribution is -2.49. The largest absolute Gasteiger partial charge is 0.465 e. The molecule has 0 aliphatic carbocycles. The second-order valence-corrected chi connectivity index (χ2v) is 8.83. The predicted molar refractivity (Wildman–Crippen MR) is 143 cm³/mol. The molecule has 1 saturated heterocycles. The van der Waals surface area contributed by atoms with E-state index in [1.54, 1.807) is 35.2 Å². The predicted octanol–water partition coefficient (Wildman–Crippen LogP) is 5.39. The van der Waals surface area contributed by atoms with E-state index in [9.17, 15) is 9.59 Å². The minimum atomic E-state index is -0.410. The number of allylic oxidation sites excluding steroid dienone is 1. The first kappa shape index (κ1) is 27.1. The van der Waals surface area contributed by atoms with Crippen LogP contribution in [0.1, 0.15) is 62.0 Å². The van der Waals surface area contributed by atoms with Gasteiger partial charge in [-0.2, -0.15) is 0 Å². The van der Waals surface area contributed by atoms with Crippen LogP contribution in [0.3, 0.4) is 0 Å². The number of β-lactam (4-membered cyclic amide) rings is 1. The lowest BCUT2D eigenvalue weighted by Gasteiger charge is -2.43. The maximum absolute atomic E-state index is 13.2. The van der Waals surface area contributed by atoms with Crippen LogP contribution < -0.4 is 4.90 Å². The molecule has 1 unspecified atom stereocenters. The molecular formula is C29H37N3O4. The molecule has 7 nitrogen and oxygen atoms in total. The van der Waals surface area contributed by atoms with Crippen molar-refractivity contribution in [2.24, 2.45) is 5.16 Å². The number of rotatable bonds is 13. The zero-order valence-electron chi connectivity index (χ0n) is 21.8. The number of hydrogen-bond donors (Lipinski definition) is 0. The lowest BCUT2D eigenvalue weighted by atomic mass is 9.86. The topological polar surface area (TPSA) is 71.4 Å². The Bertz CT molecular complexity index is 1060. The molecule has 0 bridgehead atoms. The minimum Gasteiger partial charge on any atom is -0.465 e. The summed E-state index contributed by atoms with van der Waals surface area (Å²) in [5.41, 5.74) is 3.46. The van der Waals surface area contributed by atoms with E-state index in [-0.39, 0.29) is 11.9 Å². The molecule has 2 aromatic carbocycles. The van der Waals surface area contributed by atoms with E-state index in [1.807, 2.05) is 37.3 Å². The molecule has 1 aliphatic rings. The first-order valence-electron chi connectivity index (χ1n) is 12.7. The number of ether oxygens (including phenoxy) is 1. The normalized spacial score (nSPS) is 16.9. The van der Waals surface area contributed by atoms with Crippen LogP contribution in [0.4, 0.5) is 5.69 Å². The van der Waals surface area contributed by atoms with E-state index in [4.69, 9.17) is 9.57 Å². The van der Waals surface area contributed by atoms with Gasteiger partial charge in [-0.3, -0.25) is 9.69 Å². The maximum Gasteiger partial charge on any atom is 0.337 e. The van der Waals surface area contributed by atoms with Crippen molar-refractivity contribution in [3.8, 4) is 0 Å². The third-order valence-corrected chi connectivity index (χ3v) is 6.26. The van der Waals surface area contributed by atoms with Gasteiger partial charge in [0.2, 0.25) is 0 Å². The molecular weight excluding hydrogens is 454 g/mol. The standard InChI is InChI=1S/C29H37N3O4/c1-5-7-18-31(6-2)19-11-20-36-30-22(3)21-26-27(23-12-9-8-10-13-23)32(28(26)33)25-16-14-24(15-17-25)29(34)35-4/h8-10,12-17,21,27H,5-7,11,18-20H2,1-4H3/b26-21+,30-22?. The fraction of sp³-hybridized carbons (Fsp3) is 0.414. The summed E-state index contributed by atoms with van der Waals surface area (Å²) in [7, 11) is 1.35. The van der Waals surface area contributed by atoms with Crippen LogP contribution in [0.2, 0.25) is 0 Å². The molecule has 3 rings (SSSR count). The highest BCUT2D eigenvalue weighted by Gasteiger charge is 2.43. The number of anilines is 1. The monoisotopic (exact) mass is 491 g/mol. The summed E-state index contributed by atoms with van der Waals surface area (Å²) in [5.74, 6) is -0.509. The van der Waals surface area contributed by atoms with Crippen LogP contribution in [-0.4, -0.2) is 55.8 Å². The number of oxime groups is 1. The molecule has 0 radical (unpaired) electrons. The van der Waals surface area contributed by atoms with E-state index in [0.29, 0.717) is 29.1 Å². The summed E-state index contributed by atoms with van der Waals surface area (Å²) < 4.78 is 4.77. The number of esters is 1. The highest BCUT2D eigenvalue weighted by molar-refractivity contribution is 6.18. The van der Waals surface area contributed by atoms with Crippen molar-refractivity contribution in [1.29, 1.82) is 0 Å². The van der Waals surface area contributed by atoms with Crippen LogP contribution in [0.25, 0.3) is 0 Å². The van der Waals surface area contributed by atoms with Gasteiger partial charge < -0.3 is 14.5 Å². The summed E-state index contributed by atoms with van der Waals surface area (Å²) in [6, 6.07) is 16.5. The van der Waals surface area contributed by atoms with Crippen molar-refractivity contribution >= 4 is 23.3 Å². The molecule has 192 valence electrons. The summed E-state index contributed by atoms with van der Waals surface area (Å²) in [6.45, 7) is 9.92. The molecule has 0 N–H and O–H groups in total. The summed E-state index contributed by atoms with van der Waals surface area (Å²) in [5, 5.41) is 4.23. The van der Waals surface area contributed by atoms with Gasteiger partial charge in [-0.05, 0) is 68.8 Å². The van der Waals surface area contributed by atoms with Crippen LogP contribution in [0.5, 0.6) is 0 Å². The average Bonchev–Trinajstić information content (AvgIpc) is 2.91. The minimum absolute atomic E-state index is 0.0984. The van der Waals surface area contributed by atoms with Crippen molar-refractivity contribution in [3.05, 3.63) is 77.4 Å². The number of carbonyl (C=O) groups excluding carboxylic acids is 2. The highest BCUT2D eigenvalue weighted by atomic mass is 16.6. The van der Waals surface area contributed by atoms with Gasteiger partial charge in [-0.15, -0.1) is 0 Å². The van der Waals surface area contributed by atoms with Gasteiger partial charge in [0.05, 0.1) is 24.4 Å². The van der Waals surface area contributed by atoms with Gasteiger partial charge >= 0.3 is 5.97 Å². The molecule has 36 heavy (non-hydrogen) atoms. The van der Waals surface area contributed by atoms with Gasteiger partial charge in [0.15, 0.2) is 0 Å². The molecule has 1 heterocycles. The highest BCUT2D eigenvalue weighted by Crippen LogP contribution is 2.43. The maximum atomic E-state index is 13.2. The van der Waals surface area contributed by atoms with Crippen LogP contribution in [-0.2, 0) is 14.4 Å². The molecule has 0 aromatic heterocycles. The Morgan fingerprint density at radius 1 is 1.06 bits per heavy atom. The molecule has 7 heteroatoms. The van der Waals surface area contributed by atoms with E-state index < -0.39 is 5.97 Å². The number of amides is 1. The quantitative estimate of drug-likeness (QED) is 0.0938. The Balaban J connectivity index is 1.69. The molecule has 1 fully saturated rings. The Morgan fingerprint density at radius 3 is 2.39 bits per heavy atom. The van der Waals surface area contributed by atoms with Crippen molar-refractivity contribution in [2.45, 2.75) is 46.1 Å². The zero-order chi connectivity index (χ0) is 25.9. The molecule has 0 spiro atoms. The molecule has 1 aliphatic heterocycles. The molecule has 1 amide bonds. The average molecular weight is 492 g/mol. The van der Waals surface area contributed by atoms with E-state index >= 15 is 0 Å². The summed E-state index contributed by atoms with van der Waals surface area (Å²) >= 11 is 0. The van der Waals surface area contributed by atoms with Gasteiger partial charge in [0.25, 0.3) is 5.91 Å². The number of benzene rings is 2. The third kappa shape index (κ3) is 6.82. The van der Waals surface area contributed by atoms with Gasteiger partial charge in [0, 0.05) is 17.8 Å². The number of unbranched alkanes of at least 4 members (excludes halogenated alkanes) is 1. The van der Waals surface area contributed by atoms with E-state index in [2.05, 4.69) is 23.9 Å². The third-order valence-electron chi connectivity index (χ3n) is 6.26. The Labute approximate surface area is 214 Å². The number of methoxy groups -OCH3 is 1. The molecule has 1 atom stereocenters. The smallest absolute Gasteiger partial charge is 0.337 e. The van der Waals surface area contributed by atoms with Crippen LogP contribution in [0.15, 0.2) is 71.4 Å². The van der Waals surface area contributed by atoms with Crippen LogP contribution in [0, 0.1) is 0 Å². The zero-order valence-corrected chi connectivity index (χ0v) is 21.8. The van der Waals surface area contributed by atoms with Crippen molar-refractivity contribution < 1.29 is 19.2 Å². The fourth-order valence-corrected chi connectivity index (χ4v) is 4.25. The van der Waals surface area contributed by atoms with E-state index in [0.717, 1.165) is 31.6 Å². The Morgan fingerprint density at radius 2 is 1.75 bits per heavy atom. The lowest BCUT2D eigenvalue weighted by molar-refractivity contribution is -0.119. The fourth-order valence-electron chi connectivity index (χ4n) is 4.25. The van der Waals surface area contributed by atoms with Gasteiger partial charge in [-0.1, -0.05) is 55.8 Å². The van der Waals surface area contributed by atoms with Gasteiger partial charge in [0.1, 0.15) is 6.61 Å². The SMILES string of the molecule is CCCCN(CC)CCCON=C(C)/C=C1/C(=O)N(c2ccc(C(=O)OC)cc2)C1c1ccccc1. The number of hydrogen-bond acceptors (Lipinski definition) is 6. The molecule has 0 saturated carbocycles. The second kappa shape index (κ2) is 13.6. The number of nitrogens with zero attached hydrogens (tertiary/aromatic N) is 3. The first-order chi connectivity index (χ1) is 17.5. The van der Waals surface area contributed by atoms with Gasteiger partial charge in [-0.25, -0.2) is 4.79 Å². The van der Waals surface area contributed by atoms with Crippen molar-refractivity contribution in [1.82, 2.24) is 4.90 Å². The summed E-state index contributed by atoms with van der Waals surface area (Å²) in [6.07, 6.45) is 5.12. The second-order valence-electron chi connectivity index (χ2n) is 8.83. The first-order valence-corrected chi connectivity index (χ1v) is 12.7. The Kier molecular flexibility index (Phi) is 10.2. The van der Waals surface area contributed by atoms with Crippen molar-refractivity contribution in [3.63, 3.8) is 0 Å². The molecule has 2 aromatic rings. The number of carbonyl (C=O) groups is 2.